The van der Waals surface area contributed by atoms with Crippen LogP contribution in [0, 0.1) is 0 Å². The fourth-order valence-electron chi connectivity index (χ4n) is 3.45. The van der Waals surface area contributed by atoms with E-state index in [1.54, 1.807) is 7.05 Å². The van der Waals surface area contributed by atoms with Crippen LogP contribution in [-0.2, 0) is 0 Å². The molecule has 0 bridgehead atoms. The van der Waals surface area contributed by atoms with E-state index in [1.807, 2.05) is 42.5 Å². The molecule has 1 aromatic heterocycles. The number of hydrazone groups is 1. The van der Waals surface area contributed by atoms with E-state index in [0.717, 1.165) is 43.7 Å². The highest BCUT2D eigenvalue weighted by Gasteiger charge is 2.15. The molecular weight excluding hydrogens is 390 g/mol. The van der Waals surface area contributed by atoms with Gasteiger partial charge in [-0.3, -0.25) is 4.79 Å². The van der Waals surface area contributed by atoms with Crippen molar-refractivity contribution in [1.82, 2.24) is 20.7 Å². The Labute approximate surface area is 181 Å². The number of benzene rings is 2. The molecule has 31 heavy (non-hydrogen) atoms. The number of nitrogens with zero attached hydrogens (tertiary/aromatic N) is 4. The van der Waals surface area contributed by atoms with Gasteiger partial charge in [-0.15, -0.1) is 0 Å². The van der Waals surface area contributed by atoms with Crippen LogP contribution in [0.15, 0.2) is 59.7 Å². The molecule has 3 aromatic rings. The third-order valence-corrected chi connectivity index (χ3v) is 5.05. The molecule has 158 valence electrons. The number of hydrogen-bond acceptors (Lipinski definition) is 8. The molecule has 4 rings (SSSR count). The molecule has 0 saturated carbocycles. The number of piperazine rings is 1. The molecule has 1 saturated heterocycles. The van der Waals surface area contributed by atoms with Gasteiger partial charge in [0.1, 0.15) is 5.82 Å². The van der Waals surface area contributed by atoms with Crippen molar-refractivity contribution in [3.63, 3.8) is 0 Å². The van der Waals surface area contributed by atoms with Crippen LogP contribution in [-0.4, -0.2) is 55.7 Å². The van der Waals surface area contributed by atoms with Crippen LogP contribution in [0.25, 0.3) is 11.4 Å². The number of anilines is 3. The van der Waals surface area contributed by atoms with E-state index in [-0.39, 0.29) is 0 Å². The van der Waals surface area contributed by atoms with Crippen LogP contribution < -0.4 is 21.0 Å². The van der Waals surface area contributed by atoms with Crippen LogP contribution in [0.4, 0.5) is 17.2 Å². The molecule has 0 unspecified atom stereocenters. The first-order valence-electron chi connectivity index (χ1n) is 10.2. The molecular formula is C23H25N7O. The first kappa shape index (κ1) is 20.5. The highest BCUT2D eigenvalue weighted by atomic mass is 16.1. The number of rotatable bonds is 7. The molecule has 1 fully saturated rings. The van der Waals surface area contributed by atoms with Crippen LogP contribution in [0.1, 0.15) is 16.1 Å². The van der Waals surface area contributed by atoms with E-state index in [4.69, 9.17) is 0 Å². The molecule has 8 heteroatoms. The summed E-state index contributed by atoms with van der Waals surface area (Å²) in [5.74, 6) is 0.958. The van der Waals surface area contributed by atoms with Crippen molar-refractivity contribution in [2.24, 2.45) is 5.10 Å². The summed E-state index contributed by atoms with van der Waals surface area (Å²) in [6.45, 7) is 3.96. The average molecular weight is 416 g/mol. The van der Waals surface area contributed by atoms with Crippen molar-refractivity contribution in [2.75, 3.05) is 43.4 Å². The lowest BCUT2D eigenvalue weighted by Crippen LogP contribution is -2.43. The lowest BCUT2D eigenvalue weighted by molar-refractivity contribution is 0.112. The maximum atomic E-state index is 11.9. The van der Waals surface area contributed by atoms with Gasteiger partial charge >= 0.3 is 0 Å². The van der Waals surface area contributed by atoms with Gasteiger partial charge < -0.3 is 21.0 Å². The predicted molar refractivity (Wildman–Crippen MR) is 124 cm³/mol. The smallest absolute Gasteiger partial charge is 0.162 e. The van der Waals surface area contributed by atoms with Gasteiger partial charge in [-0.1, -0.05) is 30.3 Å². The standard InChI is InChI=1S/C23H25N7O/c1-24-26-15-21-20(16-31)23(29-22(28-21)17-5-3-2-4-6-17)27-18-7-9-19(10-8-18)30-13-11-25-12-14-30/h2-10,15-16,24-25H,11-14H2,1H3,(H,27,28,29)/b26-15-. The zero-order valence-corrected chi connectivity index (χ0v) is 17.4. The zero-order chi connectivity index (χ0) is 21.5. The molecule has 2 aromatic carbocycles. The number of aromatic nitrogens is 2. The second-order valence-electron chi connectivity index (χ2n) is 7.07. The molecule has 1 aliphatic heterocycles. The van der Waals surface area contributed by atoms with Gasteiger partial charge in [0, 0.05) is 50.2 Å². The van der Waals surface area contributed by atoms with Gasteiger partial charge in [0.25, 0.3) is 0 Å². The highest BCUT2D eigenvalue weighted by Crippen LogP contribution is 2.25. The van der Waals surface area contributed by atoms with Gasteiger partial charge in [0.2, 0.25) is 0 Å². The third kappa shape index (κ3) is 4.87. The van der Waals surface area contributed by atoms with E-state index in [1.165, 1.54) is 11.9 Å². The minimum Gasteiger partial charge on any atom is -0.369 e. The number of carbonyl (C=O) groups is 1. The summed E-state index contributed by atoms with van der Waals surface area (Å²) in [6.07, 6.45) is 2.28. The van der Waals surface area contributed by atoms with E-state index < -0.39 is 0 Å². The molecule has 0 spiro atoms. The minimum atomic E-state index is 0.352. The summed E-state index contributed by atoms with van der Waals surface area (Å²) >= 11 is 0. The van der Waals surface area contributed by atoms with Crippen molar-refractivity contribution in [3.05, 3.63) is 65.9 Å². The summed E-state index contributed by atoms with van der Waals surface area (Å²) < 4.78 is 0. The molecule has 0 aliphatic carbocycles. The first-order valence-corrected chi connectivity index (χ1v) is 10.2. The molecule has 0 atom stereocenters. The van der Waals surface area contributed by atoms with Crippen molar-refractivity contribution < 1.29 is 4.79 Å². The van der Waals surface area contributed by atoms with Crippen LogP contribution >= 0.6 is 0 Å². The average Bonchev–Trinajstić information content (AvgIpc) is 2.84. The Morgan fingerprint density at radius 1 is 1.03 bits per heavy atom. The van der Waals surface area contributed by atoms with Crippen LogP contribution in [0.3, 0.4) is 0 Å². The van der Waals surface area contributed by atoms with Crippen molar-refractivity contribution >= 4 is 29.7 Å². The van der Waals surface area contributed by atoms with Crippen molar-refractivity contribution in [1.29, 1.82) is 0 Å². The summed E-state index contributed by atoms with van der Waals surface area (Å²) in [6, 6.07) is 17.8. The maximum Gasteiger partial charge on any atom is 0.162 e. The van der Waals surface area contributed by atoms with E-state index >= 15 is 0 Å². The fraction of sp³-hybridized carbons (Fsp3) is 0.217. The molecule has 0 radical (unpaired) electrons. The largest absolute Gasteiger partial charge is 0.369 e. The number of hydrogen-bond donors (Lipinski definition) is 3. The predicted octanol–water partition coefficient (Wildman–Crippen LogP) is 2.66. The lowest BCUT2D eigenvalue weighted by atomic mass is 10.1. The number of aldehydes is 1. The Balaban J connectivity index is 1.67. The topological polar surface area (TPSA) is 94.5 Å². The second-order valence-corrected chi connectivity index (χ2v) is 7.07. The quantitative estimate of drug-likeness (QED) is 0.310. The first-order chi connectivity index (χ1) is 15.3. The minimum absolute atomic E-state index is 0.352. The Hall–Kier alpha value is -3.78. The lowest BCUT2D eigenvalue weighted by Gasteiger charge is -2.29. The van der Waals surface area contributed by atoms with Gasteiger partial charge in [-0.25, -0.2) is 9.97 Å². The van der Waals surface area contributed by atoms with Gasteiger partial charge in [-0.05, 0) is 24.3 Å². The monoisotopic (exact) mass is 415 g/mol. The van der Waals surface area contributed by atoms with E-state index in [9.17, 15) is 4.79 Å². The molecule has 8 nitrogen and oxygen atoms in total. The normalized spacial score (nSPS) is 13.9. The Bertz CT molecular complexity index is 1050. The van der Waals surface area contributed by atoms with E-state index in [0.29, 0.717) is 22.9 Å². The maximum absolute atomic E-state index is 11.9. The Kier molecular flexibility index (Phi) is 6.49. The summed E-state index contributed by atoms with van der Waals surface area (Å²) in [5.41, 5.74) is 6.37. The van der Waals surface area contributed by atoms with Crippen molar-refractivity contribution in [2.45, 2.75) is 0 Å². The summed E-state index contributed by atoms with van der Waals surface area (Å²) in [5, 5.41) is 10.7. The third-order valence-electron chi connectivity index (χ3n) is 5.05. The summed E-state index contributed by atoms with van der Waals surface area (Å²) in [7, 11) is 1.69. The van der Waals surface area contributed by atoms with Gasteiger partial charge in [0.15, 0.2) is 12.1 Å². The van der Waals surface area contributed by atoms with Crippen LogP contribution in [0.5, 0.6) is 0 Å². The highest BCUT2D eigenvalue weighted by molar-refractivity contribution is 5.96. The Morgan fingerprint density at radius 2 is 1.77 bits per heavy atom. The van der Waals surface area contributed by atoms with Crippen LogP contribution in [0.2, 0.25) is 0 Å². The Morgan fingerprint density at radius 3 is 2.45 bits per heavy atom. The van der Waals surface area contributed by atoms with Crippen molar-refractivity contribution in [3.8, 4) is 11.4 Å². The zero-order valence-electron chi connectivity index (χ0n) is 17.4. The molecule has 1 aliphatic rings. The molecule has 2 heterocycles. The van der Waals surface area contributed by atoms with Gasteiger partial charge in [-0.2, -0.15) is 5.10 Å². The van der Waals surface area contributed by atoms with Gasteiger partial charge in [0.05, 0.1) is 17.5 Å². The van der Waals surface area contributed by atoms with E-state index in [2.05, 4.69) is 48.2 Å². The summed E-state index contributed by atoms with van der Waals surface area (Å²) in [4.78, 5) is 23.4. The molecule has 3 N–H and O–H groups in total. The number of carbonyl (C=O) groups excluding carboxylic acids is 1. The number of nitrogens with one attached hydrogen (secondary N) is 3. The fourth-order valence-corrected chi connectivity index (χ4v) is 3.45. The second kappa shape index (κ2) is 9.82. The SMILES string of the molecule is CN/N=C\c1nc(-c2ccccc2)nc(Nc2ccc(N3CCNCC3)cc2)c1C=O. The molecule has 0 amide bonds.